The van der Waals surface area contributed by atoms with E-state index in [1.54, 1.807) is 23.2 Å². The van der Waals surface area contributed by atoms with Crippen LogP contribution in [-0.4, -0.2) is 59.6 Å². The number of aryl methyl sites for hydroxylation is 1. The number of hydrogen-bond acceptors (Lipinski definition) is 5. The first kappa shape index (κ1) is 25.1. The van der Waals surface area contributed by atoms with Crippen LogP contribution in [0.25, 0.3) is 6.08 Å². The number of hydrogen-bond donors (Lipinski definition) is 1. The van der Waals surface area contributed by atoms with Gasteiger partial charge in [-0.15, -0.1) is 0 Å². The van der Waals surface area contributed by atoms with E-state index >= 15 is 0 Å². The molecule has 39 heavy (non-hydrogen) atoms. The van der Waals surface area contributed by atoms with Crippen LogP contribution in [0.1, 0.15) is 39.0 Å². The van der Waals surface area contributed by atoms with Gasteiger partial charge in [0.15, 0.2) is 5.78 Å². The summed E-state index contributed by atoms with van der Waals surface area (Å²) in [4.78, 5) is 30.6. The Balaban J connectivity index is 1.14. The van der Waals surface area contributed by atoms with Crippen LogP contribution in [0.5, 0.6) is 0 Å². The maximum absolute atomic E-state index is 13.0. The molecule has 7 heteroatoms. The Hall–Kier alpha value is -4.23. The number of aromatic nitrogens is 2. The first-order valence-corrected chi connectivity index (χ1v) is 13.5. The number of piperazine rings is 1. The van der Waals surface area contributed by atoms with Crippen LogP contribution in [0.3, 0.4) is 0 Å². The van der Waals surface area contributed by atoms with Crippen molar-refractivity contribution in [2.45, 2.75) is 26.3 Å². The number of allylic oxidation sites excluding steroid dienone is 4. The summed E-state index contributed by atoms with van der Waals surface area (Å²) in [5.41, 5.74) is 8.80. The second-order valence-electron chi connectivity index (χ2n) is 10.7. The van der Waals surface area contributed by atoms with E-state index in [0.29, 0.717) is 23.4 Å². The van der Waals surface area contributed by atoms with Crippen LogP contribution in [0, 0.1) is 6.92 Å². The van der Waals surface area contributed by atoms with E-state index in [4.69, 9.17) is 0 Å². The zero-order chi connectivity index (χ0) is 26.9. The normalized spacial score (nSPS) is 17.4. The lowest BCUT2D eigenvalue weighted by atomic mass is 9.93. The smallest absolute Gasteiger partial charge is 0.258 e. The van der Waals surface area contributed by atoms with Gasteiger partial charge in [0.05, 0.1) is 18.3 Å². The molecule has 2 heterocycles. The first-order chi connectivity index (χ1) is 18.9. The molecule has 3 aromatic rings. The number of nitrogens with zero attached hydrogens (tertiary/aromatic N) is 4. The van der Waals surface area contributed by atoms with Crippen LogP contribution >= 0.6 is 0 Å². The fraction of sp³-hybridized carbons (Fsp3) is 0.281. The highest BCUT2D eigenvalue weighted by atomic mass is 16.1. The maximum Gasteiger partial charge on any atom is 0.258 e. The maximum atomic E-state index is 13.0. The minimum absolute atomic E-state index is 0.0808. The number of anilines is 1. The van der Waals surface area contributed by atoms with E-state index in [2.05, 4.69) is 82.7 Å². The monoisotopic (exact) mass is 519 g/mol. The number of amides is 1. The average molecular weight is 520 g/mol. The highest BCUT2D eigenvalue weighted by Crippen LogP contribution is 2.34. The fourth-order valence-electron chi connectivity index (χ4n) is 5.37. The molecule has 1 saturated heterocycles. The number of Topliss-reactive ketones (excluding diaryl/α,β-unsaturated/α-hetero) is 1. The van der Waals surface area contributed by atoms with Crippen LogP contribution in [0.2, 0.25) is 0 Å². The van der Waals surface area contributed by atoms with Gasteiger partial charge in [-0.1, -0.05) is 48.0 Å². The number of fused-ring (bicyclic) bond motifs is 1. The lowest BCUT2D eigenvalue weighted by Crippen LogP contribution is -2.44. The predicted octanol–water partition coefficient (Wildman–Crippen LogP) is 4.14. The molecule has 0 spiro atoms. The Morgan fingerprint density at radius 2 is 1.82 bits per heavy atom. The number of carbonyl (C=O) groups excluding carboxylic acids is 2. The Kier molecular flexibility index (Phi) is 6.75. The van der Waals surface area contributed by atoms with E-state index in [0.717, 1.165) is 43.7 Å². The van der Waals surface area contributed by atoms with Gasteiger partial charge in [0.1, 0.15) is 0 Å². The van der Waals surface area contributed by atoms with Crippen molar-refractivity contribution in [2.75, 3.05) is 38.1 Å². The number of carbonyl (C=O) groups is 2. The van der Waals surface area contributed by atoms with Gasteiger partial charge in [0.25, 0.3) is 5.91 Å². The minimum Gasteiger partial charge on any atom is -0.369 e. The summed E-state index contributed by atoms with van der Waals surface area (Å²) in [6.07, 6.45) is 10.1. The van der Waals surface area contributed by atoms with E-state index in [-0.39, 0.29) is 18.1 Å². The fourth-order valence-corrected chi connectivity index (χ4v) is 5.37. The number of nitrogens with one attached hydrogen (secondary N) is 1. The van der Waals surface area contributed by atoms with Gasteiger partial charge in [-0.3, -0.25) is 14.3 Å². The number of benzene rings is 2. The summed E-state index contributed by atoms with van der Waals surface area (Å²) in [5, 5.41) is 7.33. The van der Waals surface area contributed by atoms with Crippen molar-refractivity contribution in [1.82, 2.24) is 20.0 Å². The molecular weight excluding hydrogens is 486 g/mol. The highest BCUT2D eigenvalue weighted by molar-refractivity contribution is 6.04. The quantitative estimate of drug-likeness (QED) is 0.530. The zero-order valence-electron chi connectivity index (χ0n) is 22.5. The van der Waals surface area contributed by atoms with Crippen molar-refractivity contribution >= 4 is 23.5 Å². The third-order valence-electron chi connectivity index (χ3n) is 7.78. The SMILES string of the molecule is Cc1ccc(Cn2cc(C(=O)NC3=CCC(=O)C(C4=Cc5cc(N6CCN(C)CC6)ccc5C4)=C3)cn2)cc1. The molecule has 0 atom stereocenters. The van der Waals surface area contributed by atoms with Gasteiger partial charge in [-0.25, -0.2) is 0 Å². The number of rotatable bonds is 6. The first-order valence-electron chi connectivity index (χ1n) is 13.5. The third kappa shape index (κ3) is 5.49. The van der Waals surface area contributed by atoms with Gasteiger partial charge >= 0.3 is 0 Å². The summed E-state index contributed by atoms with van der Waals surface area (Å²) < 4.78 is 1.76. The van der Waals surface area contributed by atoms with Crippen LogP contribution < -0.4 is 10.2 Å². The average Bonchev–Trinajstić information content (AvgIpc) is 3.58. The molecule has 0 radical (unpaired) electrons. The Morgan fingerprint density at radius 1 is 1.03 bits per heavy atom. The molecule has 1 aromatic heterocycles. The van der Waals surface area contributed by atoms with E-state index < -0.39 is 0 Å². The summed E-state index contributed by atoms with van der Waals surface area (Å²) >= 11 is 0. The van der Waals surface area contributed by atoms with Gasteiger partial charge in [0.2, 0.25) is 0 Å². The second-order valence-corrected chi connectivity index (χ2v) is 10.7. The van der Waals surface area contributed by atoms with E-state index in [1.165, 1.54) is 22.4 Å². The van der Waals surface area contributed by atoms with Crippen LogP contribution in [0.4, 0.5) is 5.69 Å². The standard InChI is InChI=1S/C32H33N5O2/c1-22-3-5-23(6-4-22)20-37-21-27(19-33-37)32(39)34-28-8-10-31(38)30(18-28)26-15-24-7-9-29(17-25(24)16-26)36-13-11-35(2)12-14-36/h3-9,16-19,21H,10-15,20H2,1-2H3,(H,34,39). The van der Waals surface area contributed by atoms with Crippen molar-refractivity contribution in [1.29, 1.82) is 0 Å². The molecule has 1 aliphatic heterocycles. The van der Waals surface area contributed by atoms with Crippen LogP contribution in [-0.2, 0) is 17.8 Å². The topological polar surface area (TPSA) is 70.5 Å². The lowest BCUT2D eigenvalue weighted by Gasteiger charge is -2.34. The van der Waals surface area contributed by atoms with Crippen molar-refractivity contribution in [3.63, 3.8) is 0 Å². The van der Waals surface area contributed by atoms with Gasteiger partial charge < -0.3 is 15.1 Å². The molecule has 1 N–H and O–H groups in total. The molecule has 198 valence electrons. The second kappa shape index (κ2) is 10.5. The van der Waals surface area contributed by atoms with E-state index in [1.807, 2.05) is 6.08 Å². The summed E-state index contributed by atoms with van der Waals surface area (Å²) in [6.45, 7) is 6.82. The zero-order valence-corrected chi connectivity index (χ0v) is 22.5. The summed E-state index contributed by atoms with van der Waals surface area (Å²) in [5.74, 6) is -0.154. The third-order valence-corrected chi connectivity index (χ3v) is 7.78. The molecule has 1 amide bonds. The molecule has 1 fully saturated rings. The summed E-state index contributed by atoms with van der Waals surface area (Å²) in [6, 6.07) is 14.9. The van der Waals surface area contributed by atoms with Crippen molar-refractivity contribution in [3.05, 3.63) is 112 Å². The van der Waals surface area contributed by atoms with Gasteiger partial charge in [-0.05, 0) is 60.9 Å². The van der Waals surface area contributed by atoms with Gasteiger partial charge in [-0.2, -0.15) is 5.10 Å². The Labute approximate surface area is 229 Å². The summed E-state index contributed by atoms with van der Waals surface area (Å²) in [7, 11) is 2.16. The molecule has 0 bridgehead atoms. The molecule has 3 aliphatic rings. The van der Waals surface area contributed by atoms with Crippen molar-refractivity contribution in [2.24, 2.45) is 0 Å². The van der Waals surface area contributed by atoms with E-state index in [9.17, 15) is 9.59 Å². The number of ketones is 1. The molecule has 6 rings (SSSR count). The Morgan fingerprint density at radius 3 is 2.62 bits per heavy atom. The molecule has 2 aliphatic carbocycles. The molecular formula is C32H33N5O2. The van der Waals surface area contributed by atoms with Crippen molar-refractivity contribution in [3.8, 4) is 0 Å². The molecule has 2 aromatic carbocycles. The van der Waals surface area contributed by atoms with Crippen molar-refractivity contribution < 1.29 is 9.59 Å². The molecule has 0 saturated carbocycles. The Bertz CT molecular complexity index is 1520. The largest absolute Gasteiger partial charge is 0.369 e. The molecule has 7 nitrogen and oxygen atoms in total. The molecule has 0 unspecified atom stereocenters. The predicted molar refractivity (Wildman–Crippen MR) is 154 cm³/mol. The minimum atomic E-state index is -0.234. The van der Waals surface area contributed by atoms with Gasteiger partial charge in [0, 0.05) is 55.8 Å². The van der Waals surface area contributed by atoms with Crippen LogP contribution in [0.15, 0.2) is 83.9 Å². The lowest BCUT2D eigenvalue weighted by molar-refractivity contribution is -0.114. The number of likely N-dealkylation sites (N-methyl/N-ethyl adjacent to an activating group) is 1. The highest BCUT2D eigenvalue weighted by Gasteiger charge is 2.24.